The number of nitrogens with zero attached hydrogens (tertiary/aromatic N) is 3. The van der Waals surface area contributed by atoms with Crippen LogP contribution in [0.15, 0.2) is 24.5 Å². The standard InChI is InChI=1S/C11H13N3O3/c1-16-9-4-3-8(5-10(9)17-2)14-7-12-13-11(14)6-15/h3-5,7,15H,6H2,1-2H3. The maximum absolute atomic E-state index is 9.12. The summed E-state index contributed by atoms with van der Waals surface area (Å²) in [6, 6.07) is 5.42. The van der Waals surface area contributed by atoms with Crippen LogP contribution in [0.25, 0.3) is 5.69 Å². The van der Waals surface area contributed by atoms with Crippen molar-refractivity contribution in [3.8, 4) is 17.2 Å². The molecule has 0 fully saturated rings. The predicted molar refractivity (Wildman–Crippen MR) is 60.4 cm³/mol. The van der Waals surface area contributed by atoms with Gasteiger partial charge in [-0.3, -0.25) is 4.57 Å². The van der Waals surface area contributed by atoms with E-state index in [0.717, 1.165) is 5.69 Å². The molecule has 0 unspecified atom stereocenters. The van der Waals surface area contributed by atoms with Gasteiger partial charge in [0.05, 0.1) is 19.9 Å². The average molecular weight is 235 g/mol. The Hall–Kier alpha value is -2.08. The third-order valence-corrected chi connectivity index (χ3v) is 2.41. The summed E-state index contributed by atoms with van der Waals surface area (Å²) in [7, 11) is 3.15. The number of aromatic nitrogens is 3. The topological polar surface area (TPSA) is 69.4 Å². The van der Waals surface area contributed by atoms with Crippen molar-refractivity contribution >= 4 is 0 Å². The molecule has 0 atom stereocenters. The minimum atomic E-state index is -0.172. The summed E-state index contributed by atoms with van der Waals surface area (Å²) < 4.78 is 12.0. The first kappa shape index (κ1) is 11.4. The molecule has 1 heterocycles. The van der Waals surface area contributed by atoms with Crippen LogP contribution in [0.5, 0.6) is 11.5 Å². The van der Waals surface area contributed by atoms with Crippen LogP contribution >= 0.6 is 0 Å². The number of hydrogen-bond donors (Lipinski definition) is 1. The number of ether oxygens (including phenoxy) is 2. The van der Waals surface area contributed by atoms with Gasteiger partial charge >= 0.3 is 0 Å². The lowest BCUT2D eigenvalue weighted by Gasteiger charge is -2.10. The van der Waals surface area contributed by atoms with E-state index in [0.29, 0.717) is 17.3 Å². The highest BCUT2D eigenvalue weighted by atomic mass is 16.5. The number of aliphatic hydroxyl groups excluding tert-OH is 1. The molecule has 2 rings (SSSR count). The molecule has 17 heavy (non-hydrogen) atoms. The molecule has 0 saturated carbocycles. The van der Waals surface area contributed by atoms with Crippen LogP contribution in [0.1, 0.15) is 5.82 Å². The van der Waals surface area contributed by atoms with E-state index in [-0.39, 0.29) is 6.61 Å². The lowest BCUT2D eigenvalue weighted by molar-refractivity contribution is 0.269. The van der Waals surface area contributed by atoms with Crippen molar-refractivity contribution in [2.45, 2.75) is 6.61 Å². The zero-order valence-corrected chi connectivity index (χ0v) is 9.62. The minimum absolute atomic E-state index is 0.172. The number of aliphatic hydroxyl groups is 1. The number of rotatable bonds is 4. The van der Waals surface area contributed by atoms with Gasteiger partial charge in [-0.2, -0.15) is 0 Å². The molecule has 6 nitrogen and oxygen atoms in total. The molecular weight excluding hydrogens is 222 g/mol. The summed E-state index contributed by atoms with van der Waals surface area (Å²) in [5.74, 6) is 1.73. The maximum atomic E-state index is 9.12. The molecule has 0 radical (unpaired) electrons. The van der Waals surface area contributed by atoms with Gasteiger partial charge < -0.3 is 14.6 Å². The lowest BCUT2D eigenvalue weighted by atomic mass is 10.2. The highest BCUT2D eigenvalue weighted by Crippen LogP contribution is 2.29. The molecule has 0 bridgehead atoms. The van der Waals surface area contributed by atoms with Crippen LogP contribution in [-0.2, 0) is 6.61 Å². The van der Waals surface area contributed by atoms with Crippen molar-refractivity contribution in [1.29, 1.82) is 0 Å². The molecule has 0 amide bonds. The van der Waals surface area contributed by atoms with Gasteiger partial charge in [0, 0.05) is 6.07 Å². The van der Waals surface area contributed by atoms with Gasteiger partial charge in [-0.1, -0.05) is 0 Å². The van der Waals surface area contributed by atoms with Crippen LogP contribution in [0.4, 0.5) is 0 Å². The van der Waals surface area contributed by atoms with Crippen molar-refractivity contribution in [1.82, 2.24) is 14.8 Å². The Balaban J connectivity index is 2.46. The van der Waals surface area contributed by atoms with Crippen LogP contribution in [-0.4, -0.2) is 34.1 Å². The zero-order chi connectivity index (χ0) is 12.3. The van der Waals surface area contributed by atoms with Crippen LogP contribution in [0, 0.1) is 0 Å². The Bertz CT molecular complexity index is 510. The maximum Gasteiger partial charge on any atom is 0.163 e. The highest BCUT2D eigenvalue weighted by molar-refractivity contribution is 5.49. The molecule has 0 saturated heterocycles. The Kier molecular flexibility index (Phi) is 3.24. The fourth-order valence-electron chi connectivity index (χ4n) is 1.56. The zero-order valence-electron chi connectivity index (χ0n) is 9.62. The van der Waals surface area contributed by atoms with Gasteiger partial charge in [0.25, 0.3) is 0 Å². The van der Waals surface area contributed by atoms with Crippen LogP contribution in [0.3, 0.4) is 0 Å². The minimum Gasteiger partial charge on any atom is -0.493 e. The first-order valence-corrected chi connectivity index (χ1v) is 5.02. The quantitative estimate of drug-likeness (QED) is 0.848. The molecule has 2 aromatic rings. The second kappa shape index (κ2) is 4.84. The van der Waals surface area contributed by atoms with E-state index in [2.05, 4.69) is 10.2 Å². The van der Waals surface area contributed by atoms with Crippen molar-refractivity contribution in [3.05, 3.63) is 30.4 Å². The Morgan fingerprint density at radius 3 is 2.65 bits per heavy atom. The van der Waals surface area contributed by atoms with E-state index in [4.69, 9.17) is 14.6 Å². The van der Waals surface area contributed by atoms with Crippen molar-refractivity contribution < 1.29 is 14.6 Å². The molecule has 0 spiro atoms. The normalized spacial score (nSPS) is 10.3. The molecule has 0 aliphatic rings. The molecule has 0 aliphatic carbocycles. The first-order chi connectivity index (χ1) is 8.30. The summed E-state index contributed by atoms with van der Waals surface area (Å²) in [5.41, 5.74) is 0.803. The fourth-order valence-corrected chi connectivity index (χ4v) is 1.56. The van der Waals surface area contributed by atoms with E-state index >= 15 is 0 Å². The van der Waals surface area contributed by atoms with E-state index in [1.165, 1.54) is 6.33 Å². The molecule has 1 N–H and O–H groups in total. The summed E-state index contributed by atoms with van der Waals surface area (Å²) >= 11 is 0. The Labute approximate surface area is 98.4 Å². The van der Waals surface area contributed by atoms with Crippen molar-refractivity contribution in [3.63, 3.8) is 0 Å². The molecule has 1 aromatic heterocycles. The van der Waals surface area contributed by atoms with E-state index < -0.39 is 0 Å². The molecule has 6 heteroatoms. The third kappa shape index (κ3) is 2.07. The van der Waals surface area contributed by atoms with Crippen molar-refractivity contribution in [2.24, 2.45) is 0 Å². The molecular formula is C11H13N3O3. The molecule has 1 aromatic carbocycles. The average Bonchev–Trinajstić information content (AvgIpc) is 2.86. The van der Waals surface area contributed by atoms with Crippen molar-refractivity contribution in [2.75, 3.05) is 14.2 Å². The van der Waals surface area contributed by atoms with Crippen LogP contribution < -0.4 is 9.47 Å². The fraction of sp³-hybridized carbons (Fsp3) is 0.273. The largest absolute Gasteiger partial charge is 0.493 e. The van der Waals surface area contributed by atoms with Gasteiger partial charge in [0.2, 0.25) is 0 Å². The van der Waals surface area contributed by atoms with E-state index in [1.54, 1.807) is 30.9 Å². The smallest absolute Gasteiger partial charge is 0.163 e. The summed E-state index contributed by atoms with van der Waals surface area (Å²) in [6.45, 7) is -0.172. The Morgan fingerprint density at radius 1 is 1.24 bits per heavy atom. The second-order valence-electron chi connectivity index (χ2n) is 3.31. The summed E-state index contributed by atoms with van der Waals surface area (Å²) in [6.07, 6.45) is 1.53. The first-order valence-electron chi connectivity index (χ1n) is 5.02. The number of hydrogen-bond acceptors (Lipinski definition) is 5. The van der Waals surface area contributed by atoms with Gasteiger partial charge in [0.1, 0.15) is 12.9 Å². The van der Waals surface area contributed by atoms with E-state index in [9.17, 15) is 0 Å². The lowest BCUT2D eigenvalue weighted by Crippen LogP contribution is -2.01. The van der Waals surface area contributed by atoms with Crippen LogP contribution in [0.2, 0.25) is 0 Å². The molecule has 90 valence electrons. The van der Waals surface area contributed by atoms with Gasteiger partial charge in [0.15, 0.2) is 17.3 Å². The SMILES string of the molecule is COc1ccc(-n2cnnc2CO)cc1OC. The third-order valence-electron chi connectivity index (χ3n) is 2.41. The summed E-state index contributed by atoms with van der Waals surface area (Å²) in [5, 5.41) is 16.7. The van der Waals surface area contributed by atoms with Gasteiger partial charge in [-0.15, -0.1) is 10.2 Å². The monoisotopic (exact) mass is 235 g/mol. The Morgan fingerprint density at radius 2 is 2.00 bits per heavy atom. The van der Waals surface area contributed by atoms with Gasteiger partial charge in [-0.05, 0) is 12.1 Å². The molecule has 0 aliphatic heterocycles. The van der Waals surface area contributed by atoms with Gasteiger partial charge in [-0.25, -0.2) is 0 Å². The van der Waals surface area contributed by atoms with E-state index in [1.807, 2.05) is 6.07 Å². The highest BCUT2D eigenvalue weighted by Gasteiger charge is 2.09. The predicted octanol–water partition coefficient (Wildman–Crippen LogP) is 0.777. The second-order valence-corrected chi connectivity index (χ2v) is 3.31. The number of benzene rings is 1. The summed E-state index contributed by atoms with van der Waals surface area (Å²) in [4.78, 5) is 0. The number of methoxy groups -OCH3 is 2.